The van der Waals surface area contributed by atoms with Crippen molar-refractivity contribution in [3.05, 3.63) is 65.7 Å². The highest BCUT2D eigenvalue weighted by Gasteiger charge is 2.14. The minimum Gasteiger partial charge on any atom is -0.457 e. The number of ether oxygens (including phenoxy) is 2. The van der Waals surface area contributed by atoms with Gasteiger partial charge in [-0.3, -0.25) is 4.79 Å². The second-order valence-corrected chi connectivity index (χ2v) is 5.97. The summed E-state index contributed by atoms with van der Waals surface area (Å²) in [5, 5.41) is 2.94. The van der Waals surface area contributed by atoms with Gasteiger partial charge in [-0.1, -0.05) is 43.3 Å². The second kappa shape index (κ2) is 7.68. The third-order valence-electron chi connectivity index (χ3n) is 3.90. The van der Waals surface area contributed by atoms with Crippen LogP contribution >= 0.6 is 0 Å². The molecule has 1 atom stereocenters. The molecule has 1 amide bonds. The van der Waals surface area contributed by atoms with E-state index in [0.29, 0.717) is 12.5 Å². The maximum atomic E-state index is 11.9. The Balaban J connectivity index is 1.48. The smallest absolute Gasteiger partial charge is 0.244 e. The third-order valence-corrected chi connectivity index (χ3v) is 3.90. The number of benzene rings is 2. The SMILES string of the molecule is CC(CNC(=O)/C=C/c1ccccc1)Cc1ccc2cc1OCO2. The van der Waals surface area contributed by atoms with E-state index in [1.54, 1.807) is 6.08 Å². The van der Waals surface area contributed by atoms with E-state index in [1.807, 2.05) is 54.6 Å². The van der Waals surface area contributed by atoms with Crippen molar-refractivity contribution in [3.63, 3.8) is 0 Å². The van der Waals surface area contributed by atoms with E-state index in [4.69, 9.17) is 9.47 Å². The molecule has 0 radical (unpaired) electrons. The van der Waals surface area contributed by atoms with Crippen molar-refractivity contribution in [1.29, 1.82) is 0 Å². The predicted molar refractivity (Wildman–Crippen MR) is 93.9 cm³/mol. The number of hydrogen-bond acceptors (Lipinski definition) is 3. The van der Waals surface area contributed by atoms with Crippen molar-refractivity contribution >= 4 is 12.0 Å². The van der Waals surface area contributed by atoms with Crippen LogP contribution in [0.4, 0.5) is 0 Å². The number of amides is 1. The molecule has 1 aliphatic heterocycles. The maximum Gasteiger partial charge on any atom is 0.244 e. The lowest BCUT2D eigenvalue weighted by atomic mass is 10.00. The van der Waals surface area contributed by atoms with Gasteiger partial charge in [0.1, 0.15) is 11.5 Å². The van der Waals surface area contributed by atoms with E-state index < -0.39 is 0 Å². The van der Waals surface area contributed by atoms with Crippen molar-refractivity contribution in [2.45, 2.75) is 13.3 Å². The molecule has 0 saturated heterocycles. The molecule has 4 heteroatoms. The predicted octanol–water partition coefficient (Wildman–Crippen LogP) is 3.42. The van der Waals surface area contributed by atoms with Gasteiger partial charge in [0.2, 0.25) is 12.7 Å². The highest BCUT2D eigenvalue weighted by molar-refractivity contribution is 5.91. The van der Waals surface area contributed by atoms with Crippen LogP contribution in [0.1, 0.15) is 18.1 Å². The Kier molecular flexibility index (Phi) is 5.16. The Hall–Kier alpha value is -2.75. The van der Waals surface area contributed by atoms with Gasteiger partial charge in [0.25, 0.3) is 0 Å². The van der Waals surface area contributed by atoms with Gasteiger partial charge in [0, 0.05) is 18.7 Å². The lowest BCUT2D eigenvalue weighted by Gasteiger charge is -2.20. The number of rotatable bonds is 6. The molecular formula is C20H21NO3. The van der Waals surface area contributed by atoms with E-state index in [0.717, 1.165) is 29.0 Å². The molecule has 3 rings (SSSR count). The summed E-state index contributed by atoms with van der Waals surface area (Å²) >= 11 is 0. The Morgan fingerprint density at radius 3 is 2.88 bits per heavy atom. The van der Waals surface area contributed by atoms with E-state index in [1.165, 1.54) is 0 Å². The highest BCUT2D eigenvalue weighted by Crippen LogP contribution is 2.29. The average molecular weight is 323 g/mol. The summed E-state index contributed by atoms with van der Waals surface area (Å²) in [6.45, 7) is 3.00. The van der Waals surface area contributed by atoms with Gasteiger partial charge in [-0.05, 0) is 35.6 Å². The number of carbonyl (C=O) groups is 1. The zero-order chi connectivity index (χ0) is 16.8. The van der Waals surface area contributed by atoms with Gasteiger partial charge in [-0.25, -0.2) is 0 Å². The highest BCUT2D eigenvalue weighted by atomic mass is 16.7. The fourth-order valence-corrected chi connectivity index (χ4v) is 2.61. The largest absolute Gasteiger partial charge is 0.457 e. The Morgan fingerprint density at radius 2 is 2.04 bits per heavy atom. The quantitative estimate of drug-likeness (QED) is 0.829. The van der Waals surface area contributed by atoms with E-state index in [-0.39, 0.29) is 12.7 Å². The molecule has 0 aromatic heterocycles. The molecule has 1 N–H and O–H groups in total. The van der Waals surface area contributed by atoms with Crippen molar-refractivity contribution in [2.75, 3.05) is 13.3 Å². The van der Waals surface area contributed by atoms with Gasteiger partial charge in [0.05, 0.1) is 0 Å². The third kappa shape index (κ3) is 4.38. The topological polar surface area (TPSA) is 47.6 Å². The summed E-state index contributed by atoms with van der Waals surface area (Å²) in [7, 11) is 0. The molecule has 1 unspecified atom stereocenters. The van der Waals surface area contributed by atoms with Crippen LogP contribution in [0.3, 0.4) is 0 Å². The van der Waals surface area contributed by atoms with Crippen molar-refractivity contribution in [3.8, 4) is 11.5 Å². The van der Waals surface area contributed by atoms with Gasteiger partial charge >= 0.3 is 0 Å². The standard InChI is InChI=1S/C20H21NO3/c1-15(11-17-8-9-18-12-19(17)24-14-23-18)13-21-20(22)10-7-16-5-3-2-4-6-16/h2-10,12,15H,11,13-14H2,1H3,(H,21,22)/b10-7+. The van der Waals surface area contributed by atoms with Gasteiger partial charge in [0.15, 0.2) is 0 Å². The number of fused-ring (bicyclic) bond motifs is 2. The number of nitrogens with one attached hydrogen (secondary N) is 1. The van der Waals surface area contributed by atoms with Crippen LogP contribution < -0.4 is 14.8 Å². The lowest BCUT2D eigenvalue weighted by molar-refractivity contribution is -0.116. The summed E-state index contributed by atoms with van der Waals surface area (Å²) in [5.74, 6) is 1.95. The van der Waals surface area contributed by atoms with Crippen LogP contribution in [0.2, 0.25) is 0 Å². The first-order valence-electron chi connectivity index (χ1n) is 8.10. The van der Waals surface area contributed by atoms with Gasteiger partial charge in [-0.15, -0.1) is 0 Å². The van der Waals surface area contributed by atoms with Gasteiger partial charge in [-0.2, -0.15) is 0 Å². The Morgan fingerprint density at radius 1 is 1.21 bits per heavy atom. The number of hydrogen-bond donors (Lipinski definition) is 1. The van der Waals surface area contributed by atoms with E-state index in [9.17, 15) is 4.79 Å². The Labute approximate surface area is 142 Å². The molecule has 0 saturated carbocycles. The second-order valence-electron chi connectivity index (χ2n) is 5.97. The van der Waals surface area contributed by atoms with E-state index >= 15 is 0 Å². The van der Waals surface area contributed by atoms with E-state index in [2.05, 4.69) is 12.2 Å². The summed E-state index contributed by atoms with van der Waals surface area (Å²) in [6.07, 6.45) is 4.23. The first-order chi connectivity index (χ1) is 11.7. The minimum absolute atomic E-state index is 0.0768. The normalized spacial score (nSPS) is 13.9. The van der Waals surface area contributed by atoms with Crippen LogP contribution in [-0.4, -0.2) is 19.2 Å². The molecule has 24 heavy (non-hydrogen) atoms. The van der Waals surface area contributed by atoms with Crippen LogP contribution in [-0.2, 0) is 11.2 Å². The van der Waals surface area contributed by atoms with Crippen LogP contribution in [0, 0.1) is 5.92 Å². The monoisotopic (exact) mass is 323 g/mol. The van der Waals surface area contributed by atoms with Crippen molar-refractivity contribution in [2.24, 2.45) is 5.92 Å². The molecule has 2 aromatic rings. The van der Waals surface area contributed by atoms with Crippen LogP contribution in [0.25, 0.3) is 6.08 Å². The molecule has 0 fully saturated rings. The molecular weight excluding hydrogens is 302 g/mol. The minimum atomic E-state index is -0.0768. The van der Waals surface area contributed by atoms with Crippen molar-refractivity contribution in [1.82, 2.24) is 5.32 Å². The lowest BCUT2D eigenvalue weighted by Crippen LogP contribution is -2.27. The molecule has 0 aliphatic carbocycles. The molecule has 0 spiro atoms. The average Bonchev–Trinajstić information content (AvgIpc) is 2.62. The van der Waals surface area contributed by atoms with Crippen LogP contribution in [0.15, 0.2) is 54.6 Å². The molecule has 2 aromatic carbocycles. The molecule has 1 aliphatic rings. The number of carbonyl (C=O) groups excluding carboxylic acids is 1. The Bertz CT molecular complexity index is 725. The zero-order valence-corrected chi connectivity index (χ0v) is 13.7. The van der Waals surface area contributed by atoms with Gasteiger partial charge < -0.3 is 14.8 Å². The summed E-state index contributed by atoms with van der Waals surface area (Å²) in [6, 6.07) is 15.7. The summed E-state index contributed by atoms with van der Waals surface area (Å²) in [4.78, 5) is 11.9. The zero-order valence-electron chi connectivity index (χ0n) is 13.7. The maximum absolute atomic E-state index is 11.9. The van der Waals surface area contributed by atoms with Crippen molar-refractivity contribution < 1.29 is 14.3 Å². The fraction of sp³-hybridized carbons (Fsp3) is 0.250. The first-order valence-corrected chi connectivity index (χ1v) is 8.10. The molecule has 1 heterocycles. The molecule has 4 nitrogen and oxygen atoms in total. The summed E-state index contributed by atoms with van der Waals surface area (Å²) < 4.78 is 10.8. The summed E-state index contributed by atoms with van der Waals surface area (Å²) in [5.41, 5.74) is 2.16. The molecule has 2 bridgehead atoms. The van der Waals surface area contributed by atoms with Crippen LogP contribution in [0.5, 0.6) is 11.5 Å². The first kappa shape index (κ1) is 16.1. The molecule has 124 valence electrons. The fourth-order valence-electron chi connectivity index (χ4n) is 2.61.